The Kier molecular flexibility index (Phi) is 3.91. The molecule has 3 rings (SSSR count). The van der Waals surface area contributed by atoms with Crippen LogP contribution in [0.1, 0.15) is 0 Å². The van der Waals surface area contributed by atoms with E-state index in [0.717, 1.165) is 17.2 Å². The third kappa shape index (κ3) is 2.49. The molecule has 0 spiro atoms. The lowest BCUT2D eigenvalue weighted by Gasteiger charge is -2.33. The van der Waals surface area contributed by atoms with Gasteiger partial charge in [0.05, 0.1) is 6.61 Å². The van der Waals surface area contributed by atoms with Gasteiger partial charge in [0, 0.05) is 0 Å². The molecular formula is C10H15N7O6S. The van der Waals surface area contributed by atoms with E-state index in [1.807, 2.05) is 4.72 Å². The van der Waals surface area contributed by atoms with Crippen molar-refractivity contribution in [2.75, 3.05) is 12.3 Å². The molecule has 3 heterocycles. The number of aliphatic hydroxyl groups excluding tert-OH is 3. The summed E-state index contributed by atoms with van der Waals surface area (Å²) < 4.78 is 31.5. The van der Waals surface area contributed by atoms with Gasteiger partial charge in [0.15, 0.2) is 11.5 Å². The Morgan fingerprint density at radius 2 is 2.08 bits per heavy atom. The molecule has 1 saturated heterocycles. The van der Waals surface area contributed by atoms with E-state index in [-0.39, 0.29) is 17.0 Å². The highest BCUT2D eigenvalue weighted by Gasteiger charge is 2.58. The lowest BCUT2D eigenvalue weighted by atomic mass is 10.1. The van der Waals surface area contributed by atoms with Gasteiger partial charge in [-0.05, 0) is 0 Å². The van der Waals surface area contributed by atoms with E-state index in [1.165, 1.54) is 0 Å². The summed E-state index contributed by atoms with van der Waals surface area (Å²) in [6, 6.07) is 0. The molecular weight excluding hydrogens is 346 g/mol. The predicted octanol–water partition coefficient (Wildman–Crippen LogP) is -4.08. The molecule has 4 atom stereocenters. The SMILES string of the molecule is Nc1ncnc2c1ncn2[C@]1(NS(N)(=O)=O)O[C@H](CO)[C@@H](O)[C@H]1O. The number of hydrogen-bond acceptors (Lipinski definition) is 10. The summed E-state index contributed by atoms with van der Waals surface area (Å²) >= 11 is 0. The smallest absolute Gasteiger partial charge is 0.278 e. The van der Waals surface area contributed by atoms with E-state index in [9.17, 15) is 23.7 Å². The third-order valence-electron chi connectivity index (χ3n) is 3.62. The van der Waals surface area contributed by atoms with Gasteiger partial charge in [0.1, 0.15) is 36.5 Å². The highest BCUT2D eigenvalue weighted by Crippen LogP contribution is 2.36. The van der Waals surface area contributed by atoms with Crippen LogP contribution in [0, 0.1) is 0 Å². The number of nitrogens with zero attached hydrogens (tertiary/aromatic N) is 4. The predicted molar refractivity (Wildman–Crippen MR) is 77.9 cm³/mol. The zero-order valence-corrected chi connectivity index (χ0v) is 12.8. The van der Waals surface area contributed by atoms with Gasteiger partial charge in [0.25, 0.3) is 10.2 Å². The lowest BCUT2D eigenvalue weighted by molar-refractivity contribution is -0.153. The van der Waals surface area contributed by atoms with Crippen LogP contribution in [0.3, 0.4) is 0 Å². The molecule has 0 radical (unpaired) electrons. The second-order valence-corrected chi connectivity index (χ2v) is 6.46. The van der Waals surface area contributed by atoms with Gasteiger partial charge >= 0.3 is 0 Å². The van der Waals surface area contributed by atoms with E-state index >= 15 is 0 Å². The molecule has 0 aromatic carbocycles. The van der Waals surface area contributed by atoms with E-state index in [2.05, 4.69) is 15.0 Å². The number of rotatable bonds is 4. The topological polar surface area (TPSA) is 212 Å². The van der Waals surface area contributed by atoms with Crippen LogP contribution in [0.15, 0.2) is 12.7 Å². The van der Waals surface area contributed by atoms with Crippen LogP contribution in [-0.2, 0) is 20.8 Å². The second-order valence-electron chi connectivity index (χ2n) is 5.16. The fourth-order valence-electron chi connectivity index (χ4n) is 2.58. The summed E-state index contributed by atoms with van der Waals surface area (Å²) in [5.74, 6) is -2.27. The van der Waals surface area contributed by atoms with Crippen molar-refractivity contribution < 1.29 is 28.5 Å². The fraction of sp³-hybridized carbons (Fsp3) is 0.500. The van der Waals surface area contributed by atoms with Crippen molar-refractivity contribution in [3.05, 3.63) is 12.7 Å². The largest absolute Gasteiger partial charge is 0.394 e. The maximum Gasteiger partial charge on any atom is 0.278 e. The number of ether oxygens (including phenoxy) is 1. The van der Waals surface area contributed by atoms with Gasteiger partial charge in [-0.15, -0.1) is 0 Å². The van der Waals surface area contributed by atoms with E-state index in [0.29, 0.717) is 0 Å². The molecule has 1 aliphatic heterocycles. The summed E-state index contributed by atoms with van der Waals surface area (Å²) in [5.41, 5.74) is 5.80. The number of nitrogens with two attached hydrogens (primary N) is 2. The molecule has 2 aromatic heterocycles. The maximum absolute atomic E-state index is 11.6. The zero-order valence-electron chi connectivity index (χ0n) is 12.0. The van der Waals surface area contributed by atoms with Gasteiger partial charge < -0.3 is 25.8 Å². The quantitative estimate of drug-likeness (QED) is 0.310. The highest BCUT2D eigenvalue weighted by molar-refractivity contribution is 7.87. The van der Waals surface area contributed by atoms with Crippen molar-refractivity contribution in [2.24, 2.45) is 5.14 Å². The fourth-order valence-corrected chi connectivity index (χ4v) is 3.26. The first kappa shape index (κ1) is 16.9. The molecule has 24 heavy (non-hydrogen) atoms. The summed E-state index contributed by atoms with van der Waals surface area (Å²) in [7, 11) is -4.41. The van der Waals surface area contributed by atoms with E-state index in [4.69, 9.17) is 15.6 Å². The number of anilines is 1. The van der Waals surface area contributed by atoms with Crippen LogP contribution >= 0.6 is 0 Å². The summed E-state index contributed by atoms with van der Waals surface area (Å²) in [5, 5.41) is 34.7. The van der Waals surface area contributed by atoms with Crippen molar-refractivity contribution in [1.82, 2.24) is 24.2 Å². The Bertz CT molecular complexity index is 872. The number of fused-ring (bicyclic) bond motifs is 1. The number of imidazole rings is 1. The second kappa shape index (κ2) is 5.55. The van der Waals surface area contributed by atoms with Crippen molar-refractivity contribution in [1.29, 1.82) is 0 Å². The Morgan fingerprint density at radius 3 is 2.67 bits per heavy atom. The Hall–Kier alpha value is -1.94. The standard InChI is InChI=1S/C10H15N7O6S/c11-8-5-9(14-2-13-8)17(3-15-5)10(16-24(12,21)22)7(20)6(19)4(1-18)23-10/h2-4,6-7,16,18-20H,1H2,(H2,11,13,14)(H2,12,21,22)/t4-,6-,7-,10+/m1/s1. The van der Waals surface area contributed by atoms with Gasteiger partial charge in [-0.3, -0.25) is 4.57 Å². The minimum Gasteiger partial charge on any atom is -0.394 e. The maximum atomic E-state index is 11.6. The molecule has 132 valence electrons. The van der Waals surface area contributed by atoms with Gasteiger partial charge in [-0.25, -0.2) is 20.1 Å². The van der Waals surface area contributed by atoms with Crippen LogP contribution in [0.4, 0.5) is 5.82 Å². The molecule has 14 heteroatoms. The molecule has 13 nitrogen and oxygen atoms in total. The molecule has 0 bridgehead atoms. The molecule has 0 saturated carbocycles. The third-order valence-corrected chi connectivity index (χ3v) is 4.20. The first-order chi connectivity index (χ1) is 11.2. The van der Waals surface area contributed by atoms with Crippen molar-refractivity contribution >= 4 is 27.2 Å². The first-order valence-electron chi connectivity index (χ1n) is 6.60. The number of nitrogen functional groups attached to an aromatic ring is 1. The monoisotopic (exact) mass is 361 g/mol. The molecule has 2 aromatic rings. The number of hydrogen-bond donors (Lipinski definition) is 6. The Labute approximate surface area is 135 Å². The number of aromatic nitrogens is 4. The highest BCUT2D eigenvalue weighted by atomic mass is 32.2. The summed E-state index contributed by atoms with van der Waals surface area (Å²) in [4.78, 5) is 11.6. The Morgan fingerprint density at radius 1 is 1.38 bits per heavy atom. The molecule has 1 fully saturated rings. The average Bonchev–Trinajstić information content (AvgIpc) is 3.03. The van der Waals surface area contributed by atoms with Gasteiger partial charge in [0.2, 0.25) is 5.85 Å². The number of aliphatic hydroxyl groups is 3. The first-order valence-corrected chi connectivity index (χ1v) is 8.15. The molecule has 8 N–H and O–H groups in total. The van der Waals surface area contributed by atoms with Crippen LogP contribution < -0.4 is 15.6 Å². The molecule has 1 aliphatic rings. The zero-order chi connectivity index (χ0) is 17.7. The minimum atomic E-state index is -4.41. The van der Waals surface area contributed by atoms with Gasteiger partial charge in [-0.1, -0.05) is 0 Å². The van der Waals surface area contributed by atoms with Crippen LogP contribution in [0.5, 0.6) is 0 Å². The average molecular weight is 361 g/mol. The minimum absolute atomic E-state index is 0.0104. The molecule has 0 aliphatic carbocycles. The summed E-state index contributed by atoms with van der Waals surface area (Å²) in [6.45, 7) is -0.684. The van der Waals surface area contributed by atoms with Crippen LogP contribution in [0.2, 0.25) is 0 Å². The van der Waals surface area contributed by atoms with Crippen molar-refractivity contribution in [3.8, 4) is 0 Å². The normalized spacial score (nSPS) is 30.9. The van der Waals surface area contributed by atoms with E-state index in [1.54, 1.807) is 0 Å². The van der Waals surface area contributed by atoms with Gasteiger partial charge in [-0.2, -0.15) is 13.1 Å². The molecule has 0 amide bonds. The van der Waals surface area contributed by atoms with E-state index < -0.39 is 41.0 Å². The van der Waals surface area contributed by atoms with Crippen LogP contribution in [-0.4, -0.2) is 68.2 Å². The van der Waals surface area contributed by atoms with Crippen molar-refractivity contribution in [3.63, 3.8) is 0 Å². The lowest BCUT2D eigenvalue weighted by Crippen LogP contribution is -2.59. The number of nitrogens with one attached hydrogen (secondary N) is 1. The van der Waals surface area contributed by atoms with Crippen LogP contribution in [0.25, 0.3) is 11.2 Å². The molecule has 0 unspecified atom stereocenters. The Balaban J connectivity index is 2.24. The van der Waals surface area contributed by atoms with Crippen molar-refractivity contribution in [2.45, 2.75) is 24.2 Å². The summed E-state index contributed by atoms with van der Waals surface area (Å²) in [6.07, 6.45) is -2.54.